The van der Waals surface area contributed by atoms with Crippen molar-refractivity contribution in [2.24, 2.45) is 0 Å². The van der Waals surface area contributed by atoms with E-state index in [1.165, 1.54) is 5.56 Å². The van der Waals surface area contributed by atoms with Crippen LogP contribution in [0.3, 0.4) is 0 Å². The molecular formula is C17H29NO3. The summed E-state index contributed by atoms with van der Waals surface area (Å²) in [6.45, 7) is 5.40. The number of ether oxygens (including phenoxy) is 3. The third kappa shape index (κ3) is 8.05. The predicted molar refractivity (Wildman–Crippen MR) is 86.1 cm³/mol. The van der Waals surface area contributed by atoms with Gasteiger partial charge in [0.2, 0.25) is 0 Å². The molecule has 1 N–H and O–H groups in total. The SMILES string of the molecule is COCCOCCCCNC(C)Cc1ccccc1OC. The molecule has 0 aromatic heterocycles. The van der Waals surface area contributed by atoms with Gasteiger partial charge < -0.3 is 19.5 Å². The summed E-state index contributed by atoms with van der Waals surface area (Å²) in [6.07, 6.45) is 3.19. The van der Waals surface area contributed by atoms with Crippen LogP contribution in [-0.2, 0) is 15.9 Å². The van der Waals surface area contributed by atoms with Crippen molar-refractivity contribution in [3.63, 3.8) is 0 Å². The summed E-state index contributed by atoms with van der Waals surface area (Å²) in [5.41, 5.74) is 1.25. The van der Waals surface area contributed by atoms with Crippen LogP contribution in [0.5, 0.6) is 5.75 Å². The number of unbranched alkanes of at least 4 members (excludes halogenated alkanes) is 1. The molecule has 0 aliphatic rings. The van der Waals surface area contributed by atoms with Crippen molar-refractivity contribution < 1.29 is 14.2 Å². The lowest BCUT2D eigenvalue weighted by molar-refractivity contribution is 0.0687. The molecule has 120 valence electrons. The quantitative estimate of drug-likeness (QED) is 0.602. The minimum atomic E-state index is 0.440. The van der Waals surface area contributed by atoms with Crippen molar-refractivity contribution >= 4 is 0 Å². The lowest BCUT2D eigenvalue weighted by Crippen LogP contribution is -2.29. The van der Waals surface area contributed by atoms with Crippen LogP contribution >= 0.6 is 0 Å². The molecule has 4 nitrogen and oxygen atoms in total. The lowest BCUT2D eigenvalue weighted by atomic mass is 10.1. The highest BCUT2D eigenvalue weighted by Gasteiger charge is 2.07. The van der Waals surface area contributed by atoms with E-state index in [0.717, 1.165) is 38.2 Å². The summed E-state index contributed by atoms with van der Waals surface area (Å²) in [7, 11) is 3.41. The number of hydrogen-bond acceptors (Lipinski definition) is 4. The van der Waals surface area contributed by atoms with Crippen molar-refractivity contribution in [3.05, 3.63) is 29.8 Å². The lowest BCUT2D eigenvalue weighted by Gasteiger charge is -2.15. The highest BCUT2D eigenvalue weighted by atomic mass is 16.5. The Bertz CT molecular complexity index is 371. The molecular weight excluding hydrogens is 266 g/mol. The minimum Gasteiger partial charge on any atom is -0.496 e. The van der Waals surface area contributed by atoms with Crippen molar-refractivity contribution in [2.45, 2.75) is 32.2 Å². The third-order valence-corrected chi connectivity index (χ3v) is 3.36. The molecule has 0 heterocycles. The van der Waals surface area contributed by atoms with Crippen molar-refractivity contribution in [1.82, 2.24) is 5.32 Å². The number of methoxy groups -OCH3 is 2. The molecule has 0 aliphatic heterocycles. The van der Waals surface area contributed by atoms with E-state index in [0.29, 0.717) is 19.3 Å². The predicted octanol–water partition coefficient (Wildman–Crippen LogP) is 2.66. The van der Waals surface area contributed by atoms with E-state index in [4.69, 9.17) is 14.2 Å². The molecule has 21 heavy (non-hydrogen) atoms. The van der Waals surface area contributed by atoms with Crippen LogP contribution in [0.4, 0.5) is 0 Å². The molecule has 1 atom stereocenters. The van der Waals surface area contributed by atoms with Crippen LogP contribution in [0, 0.1) is 0 Å². The van der Waals surface area contributed by atoms with Gasteiger partial charge in [0.1, 0.15) is 5.75 Å². The largest absolute Gasteiger partial charge is 0.496 e. The molecule has 0 spiro atoms. The second-order valence-electron chi connectivity index (χ2n) is 5.18. The molecule has 0 bridgehead atoms. The van der Waals surface area contributed by atoms with Crippen molar-refractivity contribution in [3.8, 4) is 5.75 Å². The molecule has 4 heteroatoms. The number of hydrogen-bond donors (Lipinski definition) is 1. The molecule has 1 aromatic carbocycles. The average Bonchev–Trinajstić information content (AvgIpc) is 2.50. The third-order valence-electron chi connectivity index (χ3n) is 3.36. The second-order valence-corrected chi connectivity index (χ2v) is 5.18. The Kier molecular flexibility index (Phi) is 9.87. The fraction of sp³-hybridized carbons (Fsp3) is 0.647. The zero-order valence-corrected chi connectivity index (χ0v) is 13.6. The fourth-order valence-electron chi connectivity index (χ4n) is 2.20. The van der Waals surface area contributed by atoms with Gasteiger partial charge in [0.15, 0.2) is 0 Å². The topological polar surface area (TPSA) is 39.7 Å². The Morgan fingerprint density at radius 3 is 2.62 bits per heavy atom. The first-order valence-corrected chi connectivity index (χ1v) is 7.70. The first-order chi connectivity index (χ1) is 10.3. The standard InChI is InChI=1S/C17H29NO3/c1-15(14-16-8-4-5-9-17(16)20-3)18-10-6-7-11-21-13-12-19-2/h4-5,8-9,15,18H,6-7,10-14H2,1-3H3. The summed E-state index contributed by atoms with van der Waals surface area (Å²) in [4.78, 5) is 0. The Labute approximate surface area is 128 Å². The Morgan fingerprint density at radius 1 is 1.05 bits per heavy atom. The van der Waals surface area contributed by atoms with E-state index in [-0.39, 0.29) is 0 Å². The summed E-state index contributed by atoms with van der Waals surface area (Å²) in [5, 5.41) is 3.55. The number of para-hydroxylation sites is 1. The maximum Gasteiger partial charge on any atom is 0.122 e. The Morgan fingerprint density at radius 2 is 1.86 bits per heavy atom. The van der Waals surface area contributed by atoms with Crippen molar-refractivity contribution in [2.75, 3.05) is 40.6 Å². The van der Waals surface area contributed by atoms with Gasteiger partial charge in [-0.1, -0.05) is 18.2 Å². The molecule has 0 fully saturated rings. The second kappa shape index (κ2) is 11.5. The first-order valence-electron chi connectivity index (χ1n) is 7.70. The molecule has 0 amide bonds. The molecule has 1 aromatic rings. The molecule has 1 rings (SSSR count). The van der Waals surface area contributed by atoms with Gasteiger partial charge >= 0.3 is 0 Å². The van der Waals surface area contributed by atoms with Gasteiger partial charge in [-0.05, 0) is 44.4 Å². The fourth-order valence-corrected chi connectivity index (χ4v) is 2.20. The minimum absolute atomic E-state index is 0.440. The van der Waals surface area contributed by atoms with Gasteiger partial charge in [-0.15, -0.1) is 0 Å². The summed E-state index contributed by atoms with van der Waals surface area (Å²) in [6, 6.07) is 8.64. The number of benzene rings is 1. The summed E-state index contributed by atoms with van der Waals surface area (Å²) in [5.74, 6) is 0.970. The first kappa shape index (κ1) is 18.0. The van der Waals surface area contributed by atoms with E-state index in [1.54, 1.807) is 14.2 Å². The van der Waals surface area contributed by atoms with Crippen molar-refractivity contribution in [1.29, 1.82) is 0 Å². The Hall–Kier alpha value is -1.10. The van der Waals surface area contributed by atoms with Gasteiger partial charge in [-0.25, -0.2) is 0 Å². The average molecular weight is 295 g/mol. The number of rotatable bonds is 12. The highest BCUT2D eigenvalue weighted by Crippen LogP contribution is 2.18. The summed E-state index contributed by atoms with van der Waals surface area (Å²) < 4.78 is 15.7. The molecule has 0 saturated heterocycles. The number of nitrogens with one attached hydrogen (secondary N) is 1. The normalized spacial score (nSPS) is 12.3. The van der Waals surface area contributed by atoms with Gasteiger partial charge in [0, 0.05) is 19.8 Å². The zero-order valence-electron chi connectivity index (χ0n) is 13.6. The van der Waals surface area contributed by atoms with E-state index in [9.17, 15) is 0 Å². The van der Waals surface area contributed by atoms with Gasteiger partial charge in [0.25, 0.3) is 0 Å². The molecule has 0 radical (unpaired) electrons. The maximum atomic E-state index is 5.44. The smallest absolute Gasteiger partial charge is 0.122 e. The molecule has 0 aliphatic carbocycles. The van der Waals surface area contributed by atoms with Gasteiger partial charge in [-0.2, -0.15) is 0 Å². The van der Waals surface area contributed by atoms with Crippen LogP contribution in [-0.4, -0.2) is 46.6 Å². The van der Waals surface area contributed by atoms with Crippen LogP contribution < -0.4 is 10.1 Å². The summed E-state index contributed by atoms with van der Waals surface area (Å²) >= 11 is 0. The Balaban J connectivity index is 2.10. The molecule has 0 saturated carbocycles. The van der Waals surface area contributed by atoms with E-state index >= 15 is 0 Å². The van der Waals surface area contributed by atoms with E-state index < -0.39 is 0 Å². The van der Waals surface area contributed by atoms with Crippen LogP contribution in [0.1, 0.15) is 25.3 Å². The van der Waals surface area contributed by atoms with Gasteiger partial charge in [0.05, 0.1) is 20.3 Å². The van der Waals surface area contributed by atoms with Crippen LogP contribution in [0.25, 0.3) is 0 Å². The maximum absolute atomic E-state index is 5.44. The molecule has 1 unspecified atom stereocenters. The van der Waals surface area contributed by atoms with E-state index in [1.807, 2.05) is 12.1 Å². The van der Waals surface area contributed by atoms with Crippen LogP contribution in [0.15, 0.2) is 24.3 Å². The van der Waals surface area contributed by atoms with E-state index in [2.05, 4.69) is 24.4 Å². The zero-order chi connectivity index (χ0) is 15.3. The monoisotopic (exact) mass is 295 g/mol. The highest BCUT2D eigenvalue weighted by molar-refractivity contribution is 5.33. The van der Waals surface area contributed by atoms with Gasteiger partial charge in [-0.3, -0.25) is 0 Å². The van der Waals surface area contributed by atoms with Crippen LogP contribution in [0.2, 0.25) is 0 Å².